The minimum absolute atomic E-state index is 0.0949. The maximum absolute atomic E-state index is 9.27. The van der Waals surface area contributed by atoms with E-state index >= 15 is 0 Å². The summed E-state index contributed by atoms with van der Waals surface area (Å²) in [5.74, 6) is 0. The van der Waals surface area contributed by atoms with Crippen LogP contribution in [0.15, 0.2) is 0 Å². The fourth-order valence-corrected chi connectivity index (χ4v) is 1.27. The summed E-state index contributed by atoms with van der Waals surface area (Å²) < 4.78 is 4.96. The van der Waals surface area contributed by atoms with Crippen LogP contribution in [0, 0.1) is 0 Å². The first-order valence-electron chi connectivity index (χ1n) is 3.84. The SMILES string of the molecule is CC[C@H]1OC(O)CC(O)C1O. The van der Waals surface area contributed by atoms with Gasteiger partial charge in [0.2, 0.25) is 0 Å². The van der Waals surface area contributed by atoms with Crippen LogP contribution in [0.5, 0.6) is 0 Å². The van der Waals surface area contributed by atoms with Gasteiger partial charge in [-0.1, -0.05) is 6.92 Å². The van der Waals surface area contributed by atoms with Crippen molar-refractivity contribution in [2.75, 3.05) is 0 Å². The molecule has 1 rings (SSSR count). The van der Waals surface area contributed by atoms with Crippen LogP contribution in [0.1, 0.15) is 19.8 Å². The Morgan fingerprint density at radius 2 is 2.00 bits per heavy atom. The van der Waals surface area contributed by atoms with E-state index in [1.54, 1.807) is 0 Å². The summed E-state index contributed by atoms with van der Waals surface area (Å²) in [5, 5.41) is 27.4. The average molecular weight is 162 g/mol. The molecule has 4 nitrogen and oxygen atoms in total. The molecule has 0 aromatic heterocycles. The molecule has 0 radical (unpaired) electrons. The molecule has 1 saturated heterocycles. The average Bonchev–Trinajstić information content (AvgIpc) is 1.96. The Morgan fingerprint density at radius 3 is 2.55 bits per heavy atom. The molecule has 66 valence electrons. The molecule has 1 aliphatic rings. The van der Waals surface area contributed by atoms with Crippen LogP contribution in [0.4, 0.5) is 0 Å². The van der Waals surface area contributed by atoms with Gasteiger partial charge in [0.05, 0.1) is 12.2 Å². The molecule has 0 aromatic carbocycles. The zero-order valence-corrected chi connectivity index (χ0v) is 6.47. The molecule has 1 aliphatic heterocycles. The lowest BCUT2D eigenvalue weighted by Gasteiger charge is -2.34. The van der Waals surface area contributed by atoms with Gasteiger partial charge in [0, 0.05) is 6.42 Å². The third-order valence-corrected chi connectivity index (χ3v) is 1.95. The Labute approximate surface area is 65.4 Å². The molecule has 3 N–H and O–H groups in total. The van der Waals surface area contributed by atoms with E-state index in [0.29, 0.717) is 6.42 Å². The van der Waals surface area contributed by atoms with Crippen molar-refractivity contribution < 1.29 is 20.1 Å². The van der Waals surface area contributed by atoms with Crippen molar-refractivity contribution in [1.82, 2.24) is 0 Å². The minimum atomic E-state index is -0.932. The number of hydrogen-bond acceptors (Lipinski definition) is 4. The minimum Gasteiger partial charge on any atom is -0.390 e. The summed E-state index contributed by atoms with van der Waals surface area (Å²) in [7, 11) is 0. The standard InChI is InChI=1S/C7H14O4/c1-2-5-7(10)4(8)3-6(9)11-5/h4-10H,2-3H2,1H3/t4?,5-,6?,7?/m1/s1. The van der Waals surface area contributed by atoms with Crippen LogP contribution in [0.25, 0.3) is 0 Å². The summed E-state index contributed by atoms with van der Waals surface area (Å²) in [6, 6.07) is 0. The van der Waals surface area contributed by atoms with Crippen molar-refractivity contribution in [1.29, 1.82) is 0 Å². The zero-order chi connectivity index (χ0) is 8.43. The number of hydrogen-bond donors (Lipinski definition) is 3. The van der Waals surface area contributed by atoms with Crippen molar-refractivity contribution in [2.24, 2.45) is 0 Å². The van der Waals surface area contributed by atoms with Crippen LogP contribution in [0.2, 0.25) is 0 Å². The van der Waals surface area contributed by atoms with Gasteiger partial charge in [-0.3, -0.25) is 0 Å². The molecular formula is C7H14O4. The van der Waals surface area contributed by atoms with E-state index in [2.05, 4.69) is 0 Å². The Bertz CT molecular complexity index is 128. The molecule has 11 heavy (non-hydrogen) atoms. The fourth-order valence-electron chi connectivity index (χ4n) is 1.27. The third-order valence-electron chi connectivity index (χ3n) is 1.95. The summed E-state index contributed by atoms with van der Waals surface area (Å²) in [6.07, 6.45) is -2.40. The van der Waals surface area contributed by atoms with Gasteiger partial charge in [-0.05, 0) is 6.42 Å². The molecule has 0 aliphatic carbocycles. The van der Waals surface area contributed by atoms with Crippen molar-refractivity contribution >= 4 is 0 Å². The molecule has 0 saturated carbocycles. The van der Waals surface area contributed by atoms with Gasteiger partial charge in [-0.15, -0.1) is 0 Å². The Morgan fingerprint density at radius 1 is 1.36 bits per heavy atom. The van der Waals surface area contributed by atoms with E-state index in [1.165, 1.54) is 0 Å². The lowest BCUT2D eigenvalue weighted by Crippen LogP contribution is -2.47. The van der Waals surface area contributed by atoms with E-state index in [0.717, 1.165) is 0 Å². The first-order valence-corrected chi connectivity index (χ1v) is 3.84. The Hall–Kier alpha value is -0.160. The van der Waals surface area contributed by atoms with Crippen molar-refractivity contribution in [3.63, 3.8) is 0 Å². The lowest BCUT2D eigenvalue weighted by atomic mass is 10.00. The van der Waals surface area contributed by atoms with Crippen molar-refractivity contribution in [3.05, 3.63) is 0 Å². The van der Waals surface area contributed by atoms with Gasteiger partial charge in [-0.25, -0.2) is 0 Å². The predicted octanol–water partition coefficient (Wildman–Crippen LogP) is -0.774. The van der Waals surface area contributed by atoms with E-state index in [9.17, 15) is 5.11 Å². The molecule has 4 heteroatoms. The largest absolute Gasteiger partial charge is 0.390 e. The van der Waals surface area contributed by atoms with Crippen molar-refractivity contribution in [2.45, 2.75) is 44.4 Å². The highest BCUT2D eigenvalue weighted by atomic mass is 16.6. The number of aliphatic hydroxyl groups excluding tert-OH is 3. The third kappa shape index (κ3) is 1.90. The highest BCUT2D eigenvalue weighted by Gasteiger charge is 2.34. The van der Waals surface area contributed by atoms with E-state index < -0.39 is 24.6 Å². The molecule has 0 spiro atoms. The first kappa shape index (κ1) is 8.93. The van der Waals surface area contributed by atoms with Crippen LogP contribution in [0.3, 0.4) is 0 Å². The highest BCUT2D eigenvalue weighted by Crippen LogP contribution is 2.20. The number of aliphatic hydroxyl groups is 3. The molecular weight excluding hydrogens is 148 g/mol. The highest BCUT2D eigenvalue weighted by molar-refractivity contribution is 4.81. The Balaban J connectivity index is 2.51. The molecule has 4 atom stereocenters. The van der Waals surface area contributed by atoms with Gasteiger partial charge >= 0.3 is 0 Å². The smallest absolute Gasteiger partial charge is 0.157 e. The monoisotopic (exact) mass is 162 g/mol. The van der Waals surface area contributed by atoms with Crippen LogP contribution >= 0.6 is 0 Å². The summed E-state index contributed by atoms with van der Waals surface area (Å²) in [4.78, 5) is 0. The molecule has 0 aromatic rings. The maximum Gasteiger partial charge on any atom is 0.157 e. The van der Waals surface area contributed by atoms with Gasteiger partial charge < -0.3 is 20.1 Å². The van der Waals surface area contributed by atoms with Crippen LogP contribution in [-0.4, -0.2) is 39.9 Å². The van der Waals surface area contributed by atoms with Crippen LogP contribution in [-0.2, 0) is 4.74 Å². The van der Waals surface area contributed by atoms with Gasteiger partial charge in [0.25, 0.3) is 0 Å². The van der Waals surface area contributed by atoms with E-state index in [4.69, 9.17) is 14.9 Å². The second-order valence-corrected chi connectivity index (χ2v) is 2.83. The lowest BCUT2D eigenvalue weighted by molar-refractivity contribution is -0.232. The molecule has 1 heterocycles. The van der Waals surface area contributed by atoms with E-state index in [1.807, 2.05) is 6.92 Å². The second-order valence-electron chi connectivity index (χ2n) is 2.83. The first-order chi connectivity index (χ1) is 5.15. The van der Waals surface area contributed by atoms with Gasteiger partial charge in [-0.2, -0.15) is 0 Å². The molecule has 3 unspecified atom stereocenters. The summed E-state index contributed by atoms with van der Waals surface area (Å²) in [5.41, 5.74) is 0. The van der Waals surface area contributed by atoms with Crippen molar-refractivity contribution in [3.8, 4) is 0 Å². The number of ether oxygens (including phenoxy) is 1. The molecule has 0 amide bonds. The van der Waals surface area contributed by atoms with Gasteiger partial charge in [0.1, 0.15) is 6.10 Å². The van der Waals surface area contributed by atoms with Crippen LogP contribution < -0.4 is 0 Å². The summed E-state index contributed by atoms with van der Waals surface area (Å²) in [6.45, 7) is 1.83. The predicted molar refractivity (Wildman–Crippen MR) is 37.8 cm³/mol. The van der Waals surface area contributed by atoms with Gasteiger partial charge in [0.15, 0.2) is 6.29 Å². The normalized spacial score (nSPS) is 45.8. The second kappa shape index (κ2) is 3.49. The topological polar surface area (TPSA) is 69.9 Å². The quantitative estimate of drug-likeness (QED) is 0.473. The number of rotatable bonds is 1. The summed E-state index contributed by atoms with van der Waals surface area (Å²) >= 11 is 0. The zero-order valence-electron chi connectivity index (χ0n) is 6.47. The van der Waals surface area contributed by atoms with E-state index in [-0.39, 0.29) is 6.42 Å². The molecule has 1 fully saturated rings. The maximum atomic E-state index is 9.27. The molecule has 0 bridgehead atoms. The fraction of sp³-hybridized carbons (Fsp3) is 1.00. The Kier molecular flexibility index (Phi) is 2.84.